The van der Waals surface area contributed by atoms with Crippen LogP contribution in [0.2, 0.25) is 5.02 Å². The number of hydrogen-bond donors (Lipinski definition) is 1. The first-order chi connectivity index (χ1) is 14.2. The van der Waals surface area contributed by atoms with Gasteiger partial charge in [-0.2, -0.15) is 5.10 Å². The number of carbonyl (C=O) groups excluding carboxylic acids is 1. The molecule has 1 aliphatic carbocycles. The lowest BCUT2D eigenvalue weighted by Crippen LogP contribution is -2.20. The van der Waals surface area contributed by atoms with Gasteiger partial charge in [0.15, 0.2) is 0 Å². The van der Waals surface area contributed by atoms with Crippen molar-refractivity contribution in [1.29, 1.82) is 0 Å². The van der Waals surface area contributed by atoms with Crippen molar-refractivity contribution < 1.29 is 4.79 Å². The largest absolute Gasteiger partial charge is 0.347 e. The van der Waals surface area contributed by atoms with Crippen molar-refractivity contribution >= 4 is 23.6 Å². The molecule has 29 heavy (non-hydrogen) atoms. The fraction of sp³-hybridized carbons (Fsp3) is 0.261. The molecule has 0 spiro atoms. The summed E-state index contributed by atoms with van der Waals surface area (Å²) in [6.45, 7) is 0.378. The molecule has 0 unspecified atom stereocenters. The molecule has 5 nitrogen and oxygen atoms in total. The van der Waals surface area contributed by atoms with Gasteiger partial charge < -0.3 is 5.32 Å². The SMILES string of the molecule is O=C(C=Cc1ccccc1Cl)NCc1cc(-c2ccncc2)n(C2CCCC2)n1. The molecular weight excluding hydrogens is 384 g/mol. The van der Waals surface area contributed by atoms with Crippen LogP contribution < -0.4 is 5.32 Å². The summed E-state index contributed by atoms with van der Waals surface area (Å²) in [5.41, 5.74) is 3.84. The van der Waals surface area contributed by atoms with E-state index in [0.717, 1.165) is 35.4 Å². The summed E-state index contributed by atoms with van der Waals surface area (Å²) < 4.78 is 2.13. The van der Waals surface area contributed by atoms with Crippen LogP contribution in [-0.4, -0.2) is 20.7 Å². The minimum atomic E-state index is -0.175. The summed E-state index contributed by atoms with van der Waals surface area (Å²) in [6, 6.07) is 13.9. The molecule has 1 amide bonds. The van der Waals surface area contributed by atoms with Gasteiger partial charge in [0.25, 0.3) is 0 Å². The van der Waals surface area contributed by atoms with Gasteiger partial charge in [0.05, 0.1) is 24.0 Å². The van der Waals surface area contributed by atoms with Crippen LogP contribution in [0, 0.1) is 0 Å². The van der Waals surface area contributed by atoms with E-state index in [0.29, 0.717) is 17.6 Å². The minimum absolute atomic E-state index is 0.175. The molecule has 6 heteroatoms. The molecule has 0 aliphatic heterocycles. The standard InChI is InChI=1S/C23H23ClN4O/c24-21-8-4-1-5-17(21)9-10-23(29)26-16-19-15-22(18-11-13-25-14-12-18)28(27-19)20-6-2-3-7-20/h1,4-5,8-15,20H,2-3,6-7,16H2,(H,26,29). The maximum atomic E-state index is 12.2. The summed E-state index contributed by atoms with van der Waals surface area (Å²) in [4.78, 5) is 16.3. The number of amides is 1. The minimum Gasteiger partial charge on any atom is -0.347 e. The average molecular weight is 407 g/mol. The van der Waals surface area contributed by atoms with Gasteiger partial charge in [-0.3, -0.25) is 14.5 Å². The Morgan fingerprint density at radius 1 is 1.17 bits per heavy atom. The monoisotopic (exact) mass is 406 g/mol. The highest BCUT2D eigenvalue weighted by atomic mass is 35.5. The molecule has 2 heterocycles. The molecule has 1 N–H and O–H groups in total. The van der Waals surface area contributed by atoms with Crippen LogP contribution in [0.4, 0.5) is 0 Å². The number of aromatic nitrogens is 3. The Balaban J connectivity index is 1.47. The Morgan fingerprint density at radius 2 is 1.93 bits per heavy atom. The number of rotatable bonds is 6. The lowest BCUT2D eigenvalue weighted by atomic mass is 10.1. The van der Waals surface area contributed by atoms with Crippen molar-refractivity contribution in [2.24, 2.45) is 0 Å². The average Bonchev–Trinajstić information content (AvgIpc) is 3.42. The van der Waals surface area contributed by atoms with Gasteiger partial charge in [-0.05, 0) is 48.7 Å². The van der Waals surface area contributed by atoms with Crippen LogP contribution in [0.3, 0.4) is 0 Å². The number of hydrogen-bond acceptors (Lipinski definition) is 3. The van der Waals surface area contributed by atoms with Crippen LogP contribution in [0.5, 0.6) is 0 Å². The number of carbonyl (C=O) groups is 1. The molecule has 0 bridgehead atoms. The topological polar surface area (TPSA) is 59.8 Å². The second-order valence-electron chi connectivity index (χ2n) is 7.21. The van der Waals surface area contributed by atoms with Crippen LogP contribution in [0.25, 0.3) is 17.3 Å². The molecule has 0 radical (unpaired) electrons. The van der Waals surface area contributed by atoms with E-state index < -0.39 is 0 Å². The van der Waals surface area contributed by atoms with Crippen molar-refractivity contribution in [2.45, 2.75) is 38.3 Å². The van der Waals surface area contributed by atoms with Gasteiger partial charge in [-0.1, -0.05) is 42.6 Å². The van der Waals surface area contributed by atoms with Gasteiger partial charge in [-0.25, -0.2) is 0 Å². The third-order valence-corrected chi connectivity index (χ3v) is 5.54. The van der Waals surface area contributed by atoms with Crippen LogP contribution in [0.1, 0.15) is 43.0 Å². The lowest BCUT2D eigenvalue weighted by Gasteiger charge is -2.14. The zero-order valence-electron chi connectivity index (χ0n) is 16.1. The Kier molecular flexibility index (Phi) is 6.06. The van der Waals surface area contributed by atoms with E-state index in [1.165, 1.54) is 18.9 Å². The van der Waals surface area contributed by atoms with Gasteiger partial charge in [-0.15, -0.1) is 0 Å². The molecule has 0 saturated heterocycles. The zero-order valence-corrected chi connectivity index (χ0v) is 16.8. The van der Waals surface area contributed by atoms with E-state index in [2.05, 4.69) is 21.0 Å². The van der Waals surface area contributed by atoms with Crippen molar-refractivity contribution in [3.05, 3.63) is 77.2 Å². The van der Waals surface area contributed by atoms with Gasteiger partial charge in [0, 0.05) is 29.1 Å². The van der Waals surface area contributed by atoms with Crippen molar-refractivity contribution in [1.82, 2.24) is 20.1 Å². The van der Waals surface area contributed by atoms with Crippen molar-refractivity contribution in [3.63, 3.8) is 0 Å². The van der Waals surface area contributed by atoms with Crippen LogP contribution in [0.15, 0.2) is 60.9 Å². The molecule has 3 aromatic rings. The Hall–Kier alpha value is -2.92. The number of pyridine rings is 1. The third-order valence-electron chi connectivity index (χ3n) is 5.20. The molecular formula is C23H23ClN4O. The van der Waals surface area contributed by atoms with Crippen molar-refractivity contribution in [3.8, 4) is 11.3 Å². The first-order valence-corrected chi connectivity index (χ1v) is 10.3. The highest BCUT2D eigenvalue weighted by molar-refractivity contribution is 6.32. The van der Waals surface area contributed by atoms with E-state index in [-0.39, 0.29) is 5.91 Å². The quantitative estimate of drug-likeness (QED) is 0.583. The summed E-state index contributed by atoms with van der Waals surface area (Å²) in [5, 5.41) is 8.34. The lowest BCUT2D eigenvalue weighted by molar-refractivity contribution is -0.116. The number of halogens is 1. The fourth-order valence-electron chi connectivity index (χ4n) is 3.71. The van der Waals surface area contributed by atoms with E-state index in [1.54, 1.807) is 24.5 Å². The molecule has 148 valence electrons. The normalized spacial score (nSPS) is 14.5. The maximum absolute atomic E-state index is 12.2. The molecule has 1 aromatic carbocycles. The van der Waals surface area contributed by atoms with E-state index >= 15 is 0 Å². The molecule has 2 aromatic heterocycles. The summed E-state index contributed by atoms with van der Waals surface area (Å²) in [7, 11) is 0. The Bertz CT molecular complexity index is 1010. The van der Waals surface area contributed by atoms with E-state index in [9.17, 15) is 4.79 Å². The molecule has 1 saturated carbocycles. The number of nitrogens with one attached hydrogen (secondary N) is 1. The smallest absolute Gasteiger partial charge is 0.244 e. The molecule has 1 aliphatic rings. The first kappa shape index (κ1) is 19.4. The first-order valence-electron chi connectivity index (χ1n) is 9.90. The molecule has 4 rings (SSSR count). The third kappa shape index (κ3) is 4.74. The van der Waals surface area contributed by atoms with Gasteiger partial charge in [0.2, 0.25) is 5.91 Å². The predicted octanol–water partition coefficient (Wildman–Crippen LogP) is 5.04. The number of benzene rings is 1. The second-order valence-corrected chi connectivity index (χ2v) is 7.62. The summed E-state index contributed by atoms with van der Waals surface area (Å²) in [6.07, 6.45) is 11.6. The maximum Gasteiger partial charge on any atom is 0.244 e. The van der Waals surface area contributed by atoms with Gasteiger partial charge >= 0.3 is 0 Å². The highest BCUT2D eigenvalue weighted by Crippen LogP contribution is 2.33. The van der Waals surface area contributed by atoms with Crippen molar-refractivity contribution in [2.75, 3.05) is 0 Å². The highest BCUT2D eigenvalue weighted by Gasteiger charge is 2.22. The summed E-state index contributed by atoms with van der Waals surface area (Å²) >= 11 is 6.12. The van der Waals surface area contributed by atoms with E-state index in [1.807, 2.05) is 30.3 Å². The predicted molar refractivity (Wildman–Crippen MR) is 115 cm³/mol. The Labute approximate surface area is 175 Å². The second kappa shape index (κ2) is 9.05. The molecule has 0 atom stereocenters. The fourth-order valence-corrected chi connectivity index (χ4v) is 3.91. The van der Waals surface area contributed by atoms with Gasteiger partial charge in [0.1, 0.15) is 0 Å². The number of nitrogens with zero attached hydrogens (tertiary/aromatic N) is 3. The summed E-state index contributed by atoms with van der Waals surface area (Å²) in [5.74, 6) is -0.175. The zero-order chi connectivity index (χ0) is 20.1. The molecule has 1 fully saturated rings. The van der Waals surface area contributed by atoms with Crippen LogP contribution in [-0.2, 0) is 11.3 Å². The van der Waals surface area contributed by atoms with E-state index in [4.69, 9.17) is 16.7 Å². The Morgan fingerprint density at radius 3 is 2.69 bits per heavy atom. The van der Waals surface area contributed by atoms with Crippen LogP contribution >= 0.6 is 11.6 Å².